The molecule has 0 bridgehead atoms. The quantitative estimate of drug-likeness (QED) is 0.336. The maximum absolute atomic E-state index is 13.3. The van der Waals surface area contributed by atoms with Crippen molar-refractivity contribution in [1.82, 2.24) is 35.9 Å². The van der Waals surface area contributed by atoms with Crippen LogP contribution in [0.4, 0.5) is 0 Å². The molecule has 2 aliphatic rings. The summed E-state index contributed by atoms with van der Waals surface area (Å²) in [5.74, 6) is -0.931. The fraction of sp³-hybridized carbons (Fsp3) is 0.481. The molecular formula is C27H36ClN7O3S. The highest BCUT2D eigenvalue weighted by atomic mass is 35.5. The van der Waals surface area contributed by atoms with Gasteiger partial charge in [-0.15, -0.1) is 11.3 Å². The van der Waals surface area contributed by atoms with Crippen LogP contribution < -0.4 is 16.1 Å². The molecule has 12 heteroatoms. The van der Waals surface area contributed by atoms with Crippen LogP contribution in [-0.2, 0) is 17.8 Å². The lowest BCUT2D eigenvalue weighted by Gasteiger charge is -2.36. The highest BCUT2D eigenvalue weighted by Gasteiger charge is 2.37. The second-order valence-electron chi connectivity index (χ2n) is 10.3. The van der Waals surface area contributed by atoms with Crippen LogP contribution in [0, 0.1) is 5.92 Å². The topological polar surface area (TPSA) is 122 Å². The van der Waals surface area contributed by atoms with Crippen LogP contribution >= 0.6 is 22.9 Å². The van der Waals surface area contributed by atoms with Crippen LogP contribution in [-0.4, -0.2) is 77.4 Å². The molecule has 2 aromatic heterocycles. The molecule has 0 radical (unpaired) electrons. The lowest BCUT2D eigenvalue weighted by Crippen LogP contribution is -2.56. The lowest BCUT2D eigenvalue weighted by atomic mass is 9.81. The lowest BCUT2D eigenvalue weighted by molar-refractivity contribution is -0.130. The van der Waals surface area contributed by atoms with Crippen molar-refractivity contribution in [2.24, 2.45) is 5.92 Å². The zero-order chi connectivity index (χ0) is 27.0. The largest absolute Gasteiger partial charge is 0.351 e. The Bertz CT molecular complexity index is 1370. The van der Waals surface area contributed by atoms with Crippen molar-refractivity contribution in [3.63, 3.8) is 0 Å². The Kier molecular flexibility index (Phi) is 8.95. The third kappa shape index (κ3) is 6.60. The van der Waals surface area contributed by atoms with Gasteiger partial charge in [-0.3, -0.25) is 19.8 Å². The zero-order valence-electron chi connectivity index (χ0n) is 21.6. The molecule has 5 rings (SSSR count). The number of amides is 3. The van der Waals surface area contributed by atoms with Crippen molar-refractivity contribution in [3.05, 3.63) is 50.6 Å². The third-order valence-corrected chi connectivity index (χ3v) is 8.45. The van der Waals surface area contributed by atoms with Gasteiger partial charge >= 0.3 is 0 Å². The molecule has 1 saturated carbocycles. The summed E-state index contributed by atoms with van der Waals surface area (Å²) >= 11 is 7.51. The van der Waals surface area contributed by atoms with Crippen molar-refractivity contribution in [2.45, 2.75) is 51.7 Å². The normalized spacial score (nSPS) is 21.2. The molecule has 3 aromatic rings. The number of aromatic nitrogens is 2. The molecule has 210 valence electrons. The van der Waals surface area contributed by atoms with Gasteiger partial charge in [0.05, 0.1) is 11.7 Å². The first-order chi connectivity index (χ1) is 18.2. The van der Waals surface area contributed by atoms with Gasteiger partial charge in [-0.25, -0.2) is 9.99 Å². The van der Waals surface area contributed by atoms with Gasteiger partial charge in [0, 0.05) is 66.4 Å². The van der Waals surface area contributed by atoms with E-state index in [0.29, 0.717) is 35.0 Å². The molecule has 1 aliphatic carbocycles. The Morgan fingerprint density at radius 1 is 1.13 bits per heavy atom. The van der Waals surface area contributed by atoms with E-state index in [0.717, 1.165) is 41.0 Å². The fourth-order valence-corrected chi connectivity index (χ4v) is 6.45. The first-order valence-electron chi connectivity index (χ1n) is 12.7. The van der Waals surface area contributed by atoms with Crippen molar-refractivity contribution < 1.29 is 14.4 Å². The van der Waals surface area contributed by atoms with E-state index in [1.165, 1.54) is 11.3 Å². The molecule has 0 unspecified atom stereocenters. The first kappa shape index (κ1) is 29.0. The van der Waals surface area contributed by atoms with Gasteiger partial charge in [-0.05, 0) is 50.6 Å². The molecule has 0 spiro atoms. The molecule has 3 amide bonds. The molecule has 1 fully saturated rings. The van der Waals surface area contributed by atoms with E-state index in [4.69, 9.17) is 11.6 Å². The van der Waals surface area contributed by atoms with Gasteiger partial charge in [0.1, 0.15) is 5.69 Å². The Morgan fingerprint density at radius 3 is 2.67 bits per heavy atom. The zero-order valence-corrected chi connectivity index (χ0v) is 23.2. The van der Waals surface area contributed by atoms with E-state index in [1.807, 2.05) is 6.07 Å². The third-order valence-electron chi connectivity index (χ3n) is 7.13. The maximum atomic E-state index is 13.3. The number of aromatic amines is 1. The summed E-state index contributed by atoms with van der Waals surface area (Å²) in [5, 5.41) is 9.65. The Hall–Kier alpha value is -2.99. The van der Waals surface area contributed by atoms with Crippen LogP contribution in [0.2, 0.25) is 5.02 Å². The fourth-order valence-electron chi connectivity index (χ4n) is 5.18. The predicted octanol–water partition coefficient (Wildman–Crippen LogP) is 3.19. The molecular weight excluding hydrogens is 538 g/mol. The second kappa shape index (κ2) is 12.0. The monoisotopic (exact) mass is 573 g/mol. The first-order valence-corrected chi connectivity index (χ1v) is 13.9. The minimum Gasteiger partial charge on any atom is -0.351 e. The minimum atomic E-state index is -0.430. The van der Waals surface area contributed by atoms with Crippen molar-refractivity contribution in [3.8, 4) is 0 Å². The minimum absolute atomic E-state index is 0. The van der Waals surface area contributed by atoms with Crippen LogP contribution in [0.5, 0.6) is 0 Å². The van der Waals surface area contributed by atoms with E-state index < -0.39 is 6.04 Å². The number of rotatable bonds is 6. The molecule has 0 saturated heterocycles. The van der Waals surface area contributed by atoms with E-state index in [1.54, 1.807) is 37.3 Å². The number of nitrogens with one attached hydrogen (secondary N) is 4. The number of nitrogens with zero attached hydrogens (tertiary/aromatic N) is 3. The summed E-state index contributed by atoms with van der Waals surface area (Å²) in [4.78, 5) is 50.3. The second-order valence-corrected chi connectivity index (χ2v) is 11.9. The molecule has 1 aliphatic heterocycles. The number of benzene rings is 1. The van der Waals surface area contributed by atoms with Crippen LogP contribution in [0.15, 0.2) is 24.3 Å². The number of fused-ring (bicyclic) bond motifs is 2. The Balaban J connectivity index is 0.00000353. The van der Waals surface area contributed by atoms with E-state index in [2.05, 4.69) is 38.0 Å². The highest BCUT2D eigenvalue weighted by Crippen LogP contribution is 2.28. The Labute approximate surface area is 237 Å². The summed E-state index contributed by atoms with van der Waals surface area (Å²) in [6.07, 6.45) is 2.37. The average molecular weight is 574 g/mol. The van der Waals surface area contributed by atoms with E-state index in [-0.39, 0.29) is 37.1 Å². The summed E-state index contributed by atoms with van der Waals surface area (Å²) in [6, 6.07) is 6.38. The number of likely N-dealkylation sites (N-methyl/N-ethyl adjacent to an activating group) is 1. The number of hydrogen-bond donors (Lipinski definition) is 4. The maximum Gasteiger partial charge on any atom is 0.280 e. The smallest absolute Gasteiger partial charge is 0.280 e. The molecule has 1 aromatic carbocycles. The molecule has 10 nitrogen and oxygen atoms in total. The van der Waals surface area contributed by atoms with Gasteiger partial charge in [-0.2, -0.15) is 0 Å². The van der Waals surface area contributed by atoms with Crippen molar-refractivity contribution >= 4 is 51.6 Å². The summed E-state index contributed by atoms with van der Waals surface area (Å²) in [7, 11) is 5.58. The van der Waals surface area contributed by atoms with E-state index in [9.17, 15) is 14.4 Å². The average Bonchev–Trinajstić information content (AvgIpc) is 3.48. The highest BCUT2D eigenvalue weighted by molar-refractivity contribution is 7.13. The van der Waals surface area contributed by atoms with Gasteiger partial charge in [0.2, 0.25) is 5.91 Å². The molecule has 3 atom stereocenters. The van der Waals surface area contributed by atoms with Gasteiger partial charge in [0.15, 0.2) is 5.01 Å². The number of carbonyl (C=O) groups is 3. The number of hydrazine groups is 1. The summed E-state index contributed by atoms with van der Waals surface area (Å²) in [5.41, 5.74) is 5.03. The number of H-pyrrole nitrogens is 1. The predicted molar refractivity (Wildman–Crippen MR) is 154 cm³/mol. The number of halogens is 1. The van der Waals surface area contributed by atoms with E-state index >= 15 is 0 Å². The van der Waals surface area contributed by atoms with Crippen molar-refractivity contribution in [1.29, 1.82) is 0 Å². The number of hydrogen-bond acceptors (Lipinski definition) is 7. The summed E-state index contributed by atoms with van der Waals surface area (Å²) < 4.78 is 0. The SMILES string of the molecule is C.CN1CCc2nc(C(=O)N[C@@H]3C[C@@H](C(=O)NN(C)C)CC[C@@H]3NC(=O)c3cc4cc(Cl)ccc4[nH]3)sc2C1. The number of thiazole rings is 1. The van der Waals surface area contributed by atoms with Crippen molar-refractivity contribution in [2.75, 3.05) is 27.7 Å². The van der Waals surface area contributed by atoms with Gasteiger partial charge < -0.3 is 20.5 Å². The molecule has 3 heterocycles. The van der Waals surface area contributed by atoms with Crippen LogP contribution in [0.3, 0.4) is 0 Å². The Morgan fingerprint density at radius 2 is 1.90 bits per heavy atom. The molecule has 4 N–H and O–H groups in total. The molecule has 39 heavy (non-hydrogen) atoms. The summed E-state index contributed by atoms with van der Waals surface area (Å²) in [6.45, 7) is 1.70. The standard InChI is InChI=1S/C26H32ClN7O3S.CH4/c1-33(2)32-23(35)14-4-6-18(29-24(36)21-12-15-10-16(27)5-7-17(15)28-21)20(11-14)30-25(37)26-31-19-8-9-34(3)13-22(19)38-26;/h5,7,10,12,14,18,20,28H,4,6,8-9,11,13H2,1-3H3,(H,29,36)(H,30,37)(H,32,35);1H4/t14-,18-,20+;/m0./s1. The van der Waals surface area contributed by atoms with Gasteiger partial charge in [-0.1, -0.05) is 19.0 Å². The van der Waals surface area contributed by atoms with Crippen LogP contribution in [0.25, 0.3) is 10.9 Å². The number of carbonyl (C=O) groups excluding carboxylic acids is 3. The van der Waals surface area contributed by atoms with Gasteiger partial charge in [0.25, 0.3) is 11.8 Å². The van der Waals surface area contributed by atoms with Crippen LogP contribution in [0.1, 0.15) is 57.6 Å².